The predicted octanol–water partition coefficient (Wildman–Crippen LogP) is 2.63. The molecule has 1 rings (SSSR count). The van der Waals surface area contributed by atoms with Crippen LogP contribution < -0.4 is 5.32 Å². The molecule has 1 unspecified atom stereocenters. The quantitative estimate of drug-likeness (QED) is 0.639. The summed E-state index contributed by atoms with van der Waals surface area (Å²) >= 11 is 0. The molecule has 7 heteroatoms. The topological polar surface area (TPSA) is 58.4 Å². The van der Waals surface area contributed by atoms with Gasteiger partial charge in [-0.2, -0.15) is 0 Å². The van der Waals surface area contributed by atoms with Gasteiger partial charge in [-0.05, 0) is 34.0 Å². The summed E-state index contributed by atoms with van der Waals surface area (Å²) in [5.41, 5.74) is -0.918. The molecule has 0 aliphatic heterocycles. The van der Waals surface area contributed by atoms with E-state index in [4.69, 9.17) is 0 Å². The van der Waals surface area contributed by atoms with Crippen LogP contribution in [0.1, 0.15) is 13.3 Å². The van der Waals surface area contributed by atoms with Crippen LogP contribution >= 0.6 is 0 Å². The van der Waals surface area contributed by atoms with E-state index >= 15 is 0 Å². The van der Waals surface area contributed by atoms with Crippen molar-refractivity contribution in [1.29, 1.82) is 0 Å². The van der Waals surface area contributed by atoms with Crippen molar-refractivity contribution in [1.82, 2.24) is 4.90 Å². The van der Waals surface area contributed by atoms with Gasteiger partial charge in [0.2, 0.25) is 0 Å². The van der Waals surface area contributed by atoms with Crippen molar-refractivity contribution in [2.45, 2.75) is 19.4 Å². The summed E-state index contributed by atoms with van der Waals surface area (Å²) < 4.78 is 27.2. The van der Waals surface area contributed by atoms with Crippen molar-refractivity contribution < 1.29 is 13.7 Å². The second kappa shape index (κ2) is 6.42. The number of hydrogen-bond donors (Lipinski definition) is 1. The van der Waals surface area contributed by atoms with Gasteiger partial charge >= 0.3 is 0 Å². The molecule has 0 heterocycles. The summed E-state index contributed by atoms with van der Waals surface area (Å²) in [6.45, 7) is 2.56. The largest absolute Gasteiger partial charge is 0.378 e. The van der Waals surface area contributed by atoms with Crippen molar-refractivity contribution in [3.63, 3.8) is 0 Å². The summed E-state index contributed by atoms with van der Waals surface area (Å²) in [5.74, 6) is -1.91. The molecule has 0 saturated heterocycles. The van der Waals surface area contributed by atoms with E-state index in [-0.39, 0.29) is 11.7 Å². The first kappa shape index (κ1) is 15.3. The summed E-state index contributed by atoms with van der Waals surface area (Å²) in [4.78, 5) is 11.6. The molecule has 1 N–H and O–H groups in total. The zero-order valence-corrected chi connectivity index (χ0v) is 11.1. The number of benzene rings is 1. The molecule has 0 aliphatic carbocycles. The van der Waals surface area contributed by atoms with Gasteiger partial charge in [-0.25, -0.2) is 8.78 Å². The Morgan fingerprint density at radius 2 is 1.89 bits per heavy atom. The highest BCUT2D eigenvalue weighted by Crippen LogP contribution is 2.25. The molecule has 1 aromatic carbocycles. The molecule has 0 bridgehead atoms. The van der Waals surface area contributed by atoms with Crippen LogP contribution in [0.4, 0.5) is 20.2 Å². The Morgan fingerprint density at radius 1 is 1.37 bits per heavy atom. The van der Waals surface area contributed by atoms with Crippen LogP contribution in [0.25, 0.3) is 0 Å². The number of rotatable bonds is 6. The van der Waals surface area contributed by atoms with E-state index in [9.17, 15) is 18.9 Å². The van der Waals surface area contributed by atoms with Crippen molar-refractivity contribution in [3.05, 3.63) is 33.9 Å². The third kappa shape index (κ3) is 4.44. The number of nitrogens with one attached hydrogen (secondary N) is 1. The first-order valence-corrected chi connectivity index (χ1v) is 5.86. The van der Waals surface area contributed by atoms with Crippen LogP contribution in [0, 0.1) is 21.7 Å². The highest BCUT2D eigenvalue weighted by molar-refractivity contribution is 5.52. The molecule has 0 aromatic heterocycles. The highest BCUT2D eigenvalue weighted by atomic mass is 19.1. The van der Waals surface area contributed by atoms with Crippen molar-refractivity contribution in [2.75, 3.05) is 26.0 Å². The lowest BCUT2D eigenvalue weighted by molar-refractivity contribution is -0.385. The first-order chi connectivity index (χ1) is 8.81. The lowest BCUT2D eigenvalue weighted by atomic mass is 10.2. The highest BCUT2D eigenvalue weighted by Gasteiger charge is 2.18. The van der Waals surface area contributed by atoms with Gasteiger partial charge in [-0.15, -0.1) is 0 Å². The third-order valence-corrected chi connectivity index (χ3v) is 2.64. The van der Waals surface area contributed by atoms with Gasteiger partial charge in [0.05, 0.1) is 17.1 Å². The normalized spacial score (nSPS) is 12.5. The van der Waals surface area contributed by atoms with Gasteiger partial charge in [0, 0.05) is 6.04 Å². The fourth-order valence-corrected chi connectivity index (χ4v) is 1.57. The van der Waals surface area contributed by atoms with Crippen LogP contribution in [0.2, 0.25) is 0 Å². The Kier molecular flexibility index (Phi) is 5.17. The number of nitro groups is 1. The summed E-state index contributed by atoms with van der Waals surface area (Å²) in [7, 11) is 3.81. The van der Waals surface area contributed by atoms with Gasteiger partial charge in [0.15, 0.2) is 11.6 Å². The van der Waals surface area contributed by atoms with Crippen molar-refractivity contribution in [2.24, 2.45) is 0 Å². The van der Waals surface area contributed by atoms with E-state index in [1.54, 1.807) is 6.92 Å². The Bertz CT molecular complexity index is 443. The second-order valence-corrected chi connectivity index (χ2v) is 4.68. The van der Waals surface area contributed by atoms with E-state index in [1.807, 2.05) is 19.0 Å². The predicted molar refractivity (Wildman–Crippen MR) is 69.3 cm³/mol. The Balaban J connectivity index is 2.81. The molecule has 0 saturated carbocycles. The Morgan fingerprint density at radius 3 is 2.32 bits per heavy atom. The number of non-ortho nitro benzene ring substituents is 1. The minimum Gasteiger partial charge on any atom is -0.378 e. The van der Waals surface area contributed by atoms with Gasteiger partial charge in [0.1, 0.15) is 5.69 Å². The average Bonchev–Trinajstić information content (AvgIpc) is 2.30. The van der Waals surface area contributed by atoms with E-state index in [0.29, 0.717) is 18.6 Å². The molecule has 0 amide bonds. The number of nitrogens with zero attached hydrogens (tertiary/aromatic N) is 2. The smallest absolute Gasteiger partial charge is 0.275 e. The molecular formula is C12H17F2N3O2. The summed E-state index contributed by atoms with van der Waals surface area (Å²) in [6.07, 6.45) is 0.697. The lowest BCUT2D eigenvalue weighted by Crippen LogP contribution is -2.23. The minimum absolute atomic E-state index is 0.146. The van der Waals surface area contributed by atoms with Gasteiger partial charge in [0.25, 0.3) is 5.69 Å². The van der Waals surface area contributed by atoms with Gasteiger partial charge < -0.3 is 10.2 Å². The number of hydrogen-bond acceptors (Lipinski definition) is 4. The van der Waals surface area contributed by atoms with Crippen LogP contribution in [-0.4, -0.2) is 36.5 Å². The maximum absolute atomic E-state index is 13.6. The molecule has 0 spiro atoms. The maximum Gasteiger partial charge on any atom is 0.275 e. The molecule has 1 atom stereocenters. The fraction of sp³-hybridized carbons (Fsp3) is 0.500. The zero-order chi connectivity index (χ0) is 14.6. The van der Waals surface area contributed by atoms with E-state index < -0.39 is 22.2 Å². The second-order valence-electron chi connectivity index (χ2n) is 4.68. The standard InChI is InChI=1S/C12H17F2N3O2/c1-8(4-5-16(2)3)15-12-10(13)6-9(17(18)19)7-11(12)14/h6-8,15H,4-5H2,1-3H3. The van der Waals surface area contributed by atoms with Crippen molar-refractivity contribution in [3.8, 4) is 0 Å². The molecule has 1 aromatic rings. The minimum atomic E-state index is -0.955. The van der Waals surface area contributed by atoms with E-state index in [1.165, 1.54) is 0 Å². The molecule has 106 valence electrons. The summed E-state index contributed by atoms with van der Waals surface area (Å²) in [5, 5.41) is 13.2. The lowest BCUT2D eigenvalue weighted by Gasteiger charge is -2.18. The third-order valence-electron chi connectivity index (χ3n) is 2.64. The molecule has 19 heavy (non-hydrogen) atoms. The van der Waals surface area contributed by atoms with Crippen LogP contribution in [-0.2, 0) is 0 Å². The average molecular weight is 273 g/mol. The Labute approximate surface area is 110 Å². The van der Waals surface area contributed by atoms with Crippen LogP contribution in [0.5, 0.6) is 0 Å². The molecule has 5 nitrogen and oxygen atoms in total. The SMILES string of the molecule is CC(CCN(C)C)Nc1c(F)cc([N+](=O)[O-])cc1F. The molecule has 0 aliphatic rings. The zero-order valence-electron chi connectivity index (χ0n) is 11.1. The van der Waals surface area contributed by atoms with Crippen LogP contribution in [0.3, 0.4) is 0 Å². The Hall–Kier alpha value is -1.76. The maximum atomic E-state index is 13.6. The van der Waals surface area contributed by atoms with Crippen molar-refractivity contribution >= 4 is 11.4 Å². The number of halogens is 2. The van der Waals surface area contributed by atoms with Crippen LogP contribution in [0.15, 0.2) is 12.1 Å². The summed E-state index contributed by atoms with van der Waals surface area (Å²) in [6, 6.07) is 1.28. The molecular weight excluding hydrogens is 256 g/mol. The first-order valence-electron chi connectivity index (χ1n) is 5.86. The van der Waals surface area contributed by atoms with Gasteiger partial charge in [-0.1, -0.05) is 0 Å². The van der Waals surface area contributed by atoms with Gasteiger partial charge in [-0.3, -0.25) is 10.1 Å². The number of anilines is 1. The van der Waals surface area contributed by atoms with E-state index in [0.717, 1.165) is 6.54 Å². The van der Waals surface area contributed by atoms with E-state index in [2.05, 4.69) is 5.32 Å². The molecule has 0 radical (unpaired) electrons. The monoisotopic (exact) mass is 273 g/mol. The molecule has 0 fully saturated rings. The fourth-order valence-electron chi connectivity index (χ4n) is 1.57. The number of nitro benzene ring substituents is 1.